The van der Waals surface area contributed by atoms with Crippen LogP contribution in [0.3, 0.4) is 0 Å². The molecule has 414 valence electrons. The summed E-state index contributed by atoms with van der Waals surface area (Å²) in [7, 11) is 0. The first kappa shape index (κ1) is 50.2. The van der Waals surface area contributed by atoms with Crippen molar-refractivity contribution in [1.29, 1.82) is 0 Å². The summed E-state index contributed by atoms with van der Waals surface area (Å²) in [4.78, 5) is 15.2. The molecule has 2 heterocycles. The van der Waals surface area contributed by atoms with Crippen molar-refractivity contribution in [3.05, 3.63) is 326 Å². The Balaban J connectivity index is 0.839. The lowest BCUT2D eigenvalue weighted by atomic mass is 9.67. The van der Waals surface area contributed by atoms with Crippen molar-refractivity contribution in [3.8, 4) is 32.3 Å². The molecule has 0 saturated heterocycles. The molecule has 0 unspecified atom stereocenters. The van der Waals surface area contributed by atoms with Crippen LogP contribution in [0.25, 0.3) is 117 Å². The molecule has 16 aromatic carbocycles. The largest absolute Gasteiger partial charge is 0.310 e. The topological polar surface area (TPSA) is 32.3 Å². The Kier molecular flexibility index (Phi) is 11.0. The molecule has 0 fully saturated rings. The van der Waals surface area contributed by atoms with Crippen LogP contribution in [-0.2, 0) is 5.41 Å². The van der Waals surface area contributed by atoms with Crippen LogP contribution < -0.4 is 9.80 Å². The highest BCUT2D eigenvalue weighted by Gasteiger charge is 2.47. The number of para-hydroxylation sites is 2. The van der Waals surface area contributed by atoms with E-state index in [0.717, 1.165) is 66.3 Å². The lowest BCUT2D eigenvalue weighted by Crippen LogP contribution is -2.29. The van der Waals surface area contributed by atoms with Gasteiger partial charge in [0.25, 0.3) is 0 Å². The minimum atomic E-state index is -0.755. The number of anilines is 6. The van der Waals surface area contributed by atoms with Gasteiger partial charge in [0, 0.05) is 44.6 Å². The Bertz CT molecular complexity index is 5350. The van der Waals surface area contributed by atoms with E-state index in [1.54, 1.807) is 22.7 Å². The van der Waals surface area contributed by atoms with Gasteiger partial charge < -0.3 is 9.80 Å². The summed E-state index contributed by atoms with van der Waals surface area (Å²) in [6, 6.07) is 113. The van der Waals surface area contributed by atoms with E-state index in [-0.39, 0.29) is 0 Å². The summed E-state index contributed by atoms with van der Waals surface area (Å²) in [5, 5.41) is 17.0. The number of aromatic nitrogens is 2. The monoisotopic (exact) mass is 1170 g/mol. The van der Waals surface area contributed by atoms with E-state index in [1.807, 2.05) is 0 Å². The Morgan fingerprint density at radius 3 is 1.06 bits per heavy atom. The van der Waals surface area contributed by atoms with Gasteiger partial charge in [-0.1, -0.05) is 194 Å². The van der Waals surface area contributed by atoms with E-state index in [1.165, 1.54) is 107 Å². The van der Waals surface area contributed by atoms with E-state index < -0.39 is 5.41 Å². The highest BCUT2D eigenvalue weighted by Crippen LogP contribution is 2.59. The third kappa shape index (κ3) is 7.58. The van der Waals surface area contributed by atoms with Crippen LogP contribution in [0.2, 0.25) is 0 Å². The van der Waals surface area contributed by atoms with E-state index >= 15 is 0 Å². The lowest BCUT2D eigenvalue weighted by Gasteiger charge is -2.36. The molecule has 0 spiro atoms. The first-order chi connectivity index (χ1) is 44.1. The van der Waals surface area contributed by atoms with Gasteiger partial charge in [0.1, 0.15) is 10.0 Å². The maximum Gasteiger partial charge on any atom is 0.124 e. The Hall–Kier alpha value is -11.0. The van der Waals surface area contributed by atoms with Crippen molar-refractivity contribution in [2.45, 2.75) is 5.41 Å². The number of thiazole rings is 2. The van der Waals surface area contributed by atoms with Crippen LogP contribution in [0.15, 0.2) is 303 Å². The second kappa shape index (κ2) is 19.5. The van der Waals surface area contributed by atoms with Gasteiger partial charge in [0.15, 0.2) is 0 Å². The molecule has 18 aromatic rings. The molecule has 1 aliphatic carbocycles. The standard InChI is InChI=1S/C83H50N4S2/c1-3-17-59(18-4-1)83(60-19-5-2-6-20-60)69-49-63(86(61-37-29-57(30-38-61)81-84-71-21-7-9-23-75(71)88-81)73-47-35-55-27-25-51-13-11-15-53-33-43-67(73)79(55)77(51)53)41-45-65(69)66-46-42-64(50-70(66)83)87(62-39-31-58(32-40-62)82-85-72-22-8-10-24-76(72)89-82)74-48-36-56-28-26-52-14-12-16-54-34-44-68(74)80(56)78(52)54/h1-50H. The number of hydrogen-bond donors (Lipinski definition) is 0. The molecule has 0 saturated carbocycles. The van der Waals surface area contributed by atoms with E-state index in [0.29, 0.717) is 0 Å². The highest BCUT2D eigenvalue weighted by molar-refractivity contribution is 7.22. The molecule has 4 nitrogen and oxygen atoms in total. The van der Waals surface area contributed by atoms with Crippen LogP contribution in [0.4, 0.5) is 34.1 Å². The molecule has 89 heavy (non-hydrogen) atoms. The molecular weight excluding hydrogens is 1120 g/mol. The van der Waals surface area contributed by atoms with Gasteiger partial charge in [-0.2, -0.15) is 0 Å². The van der Waals surface area contributed by atoms with Gasteiger partial charge in [0.05, 0.1) is 37.2 Å². The predicted molar refractivity (Wildman–Crippen MR) is 378 cm³/mol. The number of nitrogens with zero attached hydrogens (tertiary/aromatic N) is 4. The molecule has 19 rings (SSSR count). The first-order valence-electron chi connectivity index (χ1n) is 30.3. The van der Waals surface area contributed by atoms with Crippen molar-refractivity contribution in [2.75, 3.05) is 9.80 Å². The number of benzene rings is 16. The van der Waals surface area contributed by atoms with Crippen LogP contribution in [0, 0.1) is 0 Å². The number of hydrogen-bond acceptors (Lipinski definition) is 6. The normalized spacial score (nSPS) is 12.8. The second-order valence-electron chi connectivity index (χ2n) is 23.6. The molecule has 0 atom stereocenters. The van der Waals surface area contributed by atoms with Crippen molar-refractivity contribution in [3.63, 3.8) is 0 Å². The van der Waals surface area contributed by atoms with Crippen LogP contribution >= 0.6 is 22.7 Å². The van der Waals surface area contributed by atoms with Gasteiger partial charge in [-0.3, -0.25) is 0 Å². The summed E-state index contributed by atoms with van der Waals surface area (Å²) in [5.74, 6) is 0. The molecular formula is C83H50N4S2. The third-order valence-electron chi connectivity index (χ3n) is 18.9. The number of rotatable bonds is 10. The van der Waals surface area contributed by atoms with Crippen LogP contribution in [0.5, 0.6) is 0 Å². The van der Waals surface area contributed by atoms with Crippen molar-refractivity contribution >= 4 is 142 Å². The fourth-order valence-corrected chi connectivity index (χ4v) is 16.9. The minimum absolute atomic E-state index is 0.755. The second-order valence-corrected chi connectivity index (χ2v) is 25.6. The van der Waals surface area contributed by atoms with E-state index in [2.05, 4.69) is 313 Å². The smallest absolute Gasteiger partial charge is 0.124 e. The summed E-state index contributed by atoms with van der Waals surface area (Å²) >= 11 is 3.48. The fourth-order valence-electron chi connectivity index (χ4n) is 14.9. The Morgan fingerprint density at radius 1 is 0.281 bits per heavy atom. The molecule has 0 radical (unpaired) electrons. The third-order valence-corrected chi connectivity index (χ3v) is 21.0. The van der Waals surface area contributed by atoms with Crippen LogP contribution in [-0.4, -0.2) is 9.97 Å². The summed E-state index contributed by atoms with van der Waals surface area (Å²) in [6.07, 6.45) is 0. The van der Waals surface area contributed by atoms with Gasteiger partial charge >= 0.3 is 0 Å². The van der Waals surface area contributed by atoms with Crippen molar-refractivity contribution < 1.29 is 0 Å². The molecule has 1 aliphatic rings. The predicted octanol–water partition coefficient (Wildman–Crippen LogP) is 23.3. The zero-order chi connectivity index (χ0) is 58.3. The minimum Gasteiger partial charge on any atom is -0.310 e. The molecule has 0 bridgehead atoms. The maximum atomic E-state index is 5.10. The Labute approximate surface area is 521 Å². The molecule has 6 heteroatoms. The van der Waals surface area contributed by atoms with Gasteiger partial charge in [0.2, 0.25) is 0 Å². The summed E-state index contributed by atoms with van der Waals surface area (Å²) in [5.41, 5.74) is 17.2. The first-order valence-corrected chi connectivity index (χ1v) is 32.0. The molecule has 2 aromatic heterocycles. The zero-order valence-corrected chi connectivity index (χ0v) is 49.6. The maximum absolute atomic E-state index is 5.10. The highest BCUT2D eigenvalue weighted by atomic mass is 32.1. The quantitative estimate of drug-likeness (QED) is 0.128. The Morgan fingerprint density at radius 2 is 0.640 bits per heavy atom. The van der Waals surface area contributed by atoms with Crippen molar-refractivity contribution in [2.24, 2.45) is 0 Å². The SMILES string of the molecule is c1ccc(C2(c3ccccc3)c3cc(N(c4ccc(-c5nc6ccccc6s5)cc4)c4ccc5ccc6cccc7ccc4c5c67)ccc3-c3ccc(N(c4ccc(-c5nc6ccccc6s5)cc4)c4ccc5ccc6cccc7ccc4c5c67)cc32)cc1. The van der Waals surface area contributed by atoms with Crippen LogP contribution in [0.1, 0.15) is 22.3 Å². The van der Waals surface area contributed by atoms with Gasteiger partial charge in [-0.25, -0.2) is 9.97 Å². The average molecular weight is 1170 g/mol. The molecule has 0 aliphatic heterocycles. The average Bonchev–Trinajstić information content (AvgIpc) is 1.61. The molecule has 0 amide bonds. The summed E-state index contributed by atoms with van der Waals surface area (Å²) < 4.78 is 2.37. The van der Waals surface area contributed by atoms with E-state index in [9.17, 15) is 0 Å². The van der Waals surface area contributed by atoms with E-state index in [4.69, 9.17) is 9.97 Å². The fraction of sp³-hybridized carbons (Fsp3) is 0.0120. The zero-order valence-electron chi connectivity index (χ0n) is 48.0. The summed E-state index contributed by atoms with van der Waals surface area (Å²) in [6.45, 7) is 0. The van der Waals surface area contributed by atoms with Gasteiger partial charge in [-0.05, 0) is 196 Å². The van der Waals surface area contributed by atoms with Gasteiger partial charge in [-0.15, -0.1) is 22.7 Å². The molecule has 0 N–H and O–H groups in total. The van der Waals surface area contributed by atoms with Crippen molar-refractivity contribution in [1.82, 2.24) is 9.97 Å². The lowest BCUT2D eigenvalue weighted by molar-refractivity contribution is 0.768. The number of fused-ring (bicyclic) bond motifs is 5.